The number of halogens is 5. The number of carbonyl (C=O) groups is 2. The summed E-state index contributed by atoms with van der Waals surface area (Å²) in [6.07, 6.45) is -4.80. The second-order valence-corrected chi connectivity index (χ2v) is 6.80. The summed E-state index contributed by atoms with van der Waals surface area (Å²) in [5.74, 6) is -1.33. The Morgan fingerprint density at radius 2 is 1.86 bits per heavy atom. The zero-order chi connectivity index (χ0) is 20.9. The summed E-state index contributed by atoms with van der Waals surface area (Å²) in [6, 6.07) is 8.07. The van der Waals surface area contributed by atoms with Crippen LogP contribution in [0.15, 0.2) is 42.5 Å². The lowest BCUT2D eigenvalue weighted by atomic mass is 10.0. The summed E-state index contributed by atoms with van der Waals surface area (Å²) in [5, 5.41) is 3.21. The van der Waals surface area contributed by atoms with Crippen LogP contribution in [-0.4, -0.2) is 25.0 Å². The summed E-state index contributed by atoms with van der Waals surface area (Å²) in [4.78, 5) is 24.3. The van der Waals surface area contributed by atoms with Crippen molar-refractivity contribution in [2.75, 3.05) is 7.11 Å². The predicted octanol–water partition coefficient (Wildman–Crippen LogP) is 4.46. The molecule has 4 nitrogen and oxygen atoms in total. The third-order valence-electron chi connectivity index (χ3n) is 3.88. The molecule has 0 fully saturated rings. The lowest BCUT2D eigenvalue weighted by molar-refractivity contribution is -0.145. The first-order valence-electron chi connectivity index (χ1n) is 8.07. The van der Waals surface area contributed by atoms with Crippen molar-refractivity contribution in [2.45, 2.75) is 25.1 Å². The lowest BCUT2D eigenvalue weighted by Gasteiger charge is -2.17. The van der Waals surface area contributed by atoms with Gasteiger partial charge in [0.15, 0.2) is 0 Å². The molecule has 0 aliphatic rings. The fraction of sp³-hybridized carbons (Fsp3) is 0.263. The summed E-state index contributed by atoms with van der Waals surface area (Å²) in [6.45, 7) is 0. The molecule has 2 rings (SSSR count). The minimum Gasteiger partial charge on any atom is -0.467 e. The highest BCUT2D eigenvalue weighted by atomic mass is 35.5. The number of alkyl halides is 3. The van der Waals surface area contributed by atoms with E-state index in [9.17, 15) is 22.8 Å². The SMILES string of the molecule is COC(=O)[C@H](Cc1ccc(Cl)cc1Cl)NC(=O)Cc1cccc(C(F)(F)F)c1. The van der Waals surface area contributed by atoms with Gasteiger partial charge in [-0.2, -0.15) is 13.2 Å². The number of rotatable bonds is 6. The highest BCUT2D eigenvalue weighted by Gasteiger charge is 2.30. The Labute approximate surface area is 169 Å². The van der Waals surface area contributed by atoms with Crippen LogP contribution < -0.4 is 5.32 Å². The fourth-order valence-electron chi connectivity index (χ4n) is 2.53. The van der Waals surface area contributed by atoms with Gasteiger partial charge < -0.3 is 10.1 Å². The number of benzene rings is 2. The van der Waals surface area contributed by atoms with E-state index in [1.165, 1.54) is 18.2 Å². The van der Waals surface area contributed by atoms with Gasteiger partial charge in [-0.05, 0) is 29.3 Å². The van der Waals surface area contributed by atoms with Gasteiger partial charge in [-0.15, -0.1) is 0 Å². The molecule has 150 valence electrons. The normalized spacial score (nSPS) is 12.4. The first-order chi connectivity index (χ1) is 13.1. The Balaban J connectivity index is 2.12. The van der Waals surface area contributed by atoms with Crippen molar-refractivity contribution < 1.29 is 27.5 Å². The highest BCUT2D eigenvalue weighted by Crippen LogP contribution is 2.29. The molecule has 0 unspecified atom stereocenters. The molecule has 0 aromatic heterocycles. The topological polar surface area (TPSA) is 55.4 Å². The van der Waals surface area contributed by atoms with Crippen LogP contribution in [0.1, 0.15) is 16.7 Å². The van der Waals surface area contributed by atoms with E-state index in [-0.39, 0.29) is 18.4 Å². The van der Waals surface area contributed by atoms with Gasteiger partial charge >= 0.3 is 12.1 Å². The van der Waals surface area contributed by atoms with Crippen LogP contribution in [0, 0.1) is 0 Å². The lowest BCUT2D eigenvalue weighted by Crippen LogP contribution is -2.43. The minimum absolute atomic E-state index is 0.0387. The average molecular weight is 434 g/mol. The third-order valence-corrected chi connectivity index (χ3v) is 4.47. The molecule has 0 aliphatic carbocycles. The smallest absolute Gasteiger partial charge is 0.416 e. The summed E-state index contributed by atoms with van der Waals surface area (Å²) in [5.41, 5.74) is -0.128. The maximum atomic E-state index is 12.8. The van der Waals surface area contributed by atoms with Crippen molar-refractivity contribution in [3.8, 4) is 0 Å². The Morgan fingerprint density at radius 1 is 1.14 bits per heavy atom. The maximum absolute atomic E-state index is 12.8. The van der Waals surface area contributed by atoms with Gasteiger partial charge in [0, 0.05) is 16.5 Å². The molecule has 1 atom stereocenters. The van der Waals surface area contributed by atoms with E-state index in [1.54, 1.807) is 12.1 Å². The van der Waals surface area contributed by atoms with E-state index in [0.717, 1.165) is 19.2 Å². The van der Waals surface area contributed by atoms with Gasteiger partial charge in [-0.1, -0.05) is 47.5 Å². The molecular weight excluding hydrogens is 418 g/mol. The number of hydrogen-bond donors (Lipinski definition) is 1. The van der Waals surface area contributed by atoms with Gasteiger partial charge in [0.1, 0.15) is 6.04 Å². The number of methoxy groups -OCH3 is 1. The van der Waals surface area contributed by atoms with E-state index in [0.29, 0.717) is 15.6 Å². The Bertz CT molecular complexity index is 872. The first kappa shape index (κ1) is 22.0. The van der Waals surface area contributed by atoms with Crippen molar-refractivity contribution in [2.24, 2.45) is 0 Å². The molecule has 0 bridgehead atoms. The van der Waals surface area contributed by atoms with Gasteiger partial charge in [-0.25, -0.2) is 4.79 Å². The van der Waals surface area contributed by atoms with Crippen LogP contribution >= 0.6 is 23.2 Å². The average Bonchev–Trinajstić information content (AvgIpc) is 2.62. The molecule has 1 N–H and O–H groups in total. The molecule has 9 heteroatoms. The molecule has 0 heterocycles. The van der Waals surface area contributed by atoms with Crippen molar-refractivity contribution in [3.05, 3.63) is 69.2 Å². The number of carbonyl (C=O) groups excluding carboxylic acids is 2. The van der Waals surface area contributed by atoms with E-state index >= 15 is 0 Å². The summed E-state index contributed by atoms with van der Waals surface area (Å²) in [7, 11) is 1.16. The quantitative estimate of drug-likeness (QED) is 0.684. The molecule has 0 saturated carbocycles. The number of hydrogen-bond acceptors (Lipinski definition) is 3. The molecular formula is C19H16Cl2F3NO3. The van der Waals surface area contributed by atoms with Crippen LogP contribution in [0.3, 0.4) is 0 Å². The molecule has 0 radical (unpaired) electrons. The highest BCUT2D eigenvalue weighted by molar-refractivity contribution is 6.35. The first-order valence-corrected chi connectivity index (χ1v) is 8.83. The molecule has 0 aliphatic heterocycles. The zero-order valence-corrected chi connectivity index (χ0v) is 16.2. The van der Waals surface area contributed by atoms with Crippen molar-refractivity contribution in [1.82, 2.24) is 5.32 Å². The molecule has 2 aromatic rings. The summed E-state index contributed by atoms with van der Waals surface area (Å²) < 4.78 is 43.1. The van der Waals surface area contributed by atoms with E-state index in [4.69, 9.17) is 27.9 Å². The fourth-order valence-corrected chi connectivity index (χ4v) is 3.02. The number of ether oxygens (including phenoxy) is 1. The third kappa shape index (κ3) is 6.14. The van der Waals surface area contributed by atoms with E-state index < -0.39 is 29.7 Å². The Morgan fingerprint density at radius 3 is 2.46 bits per heavy atom. The van der Waals surface area contributed by atoms with E-state index in [2.05, 4.69) is 5.32 Å². The second-order valence-electron chi connectivity index (χ2n) is 5.96. The Kier molecular flexibility index (Phi) is 7.32. The predicted molar refractivity (Wildman–Crippen MR) is 99.3 cm³/mol. The second kappa shape index (κ2) is 9.30. The van der Waals surface area contributed by atoms with Crippen LogP contribution in [0.2, 0.25) is 10.0 Å². The van der Waals surface area contributed by atoms with Crippen LogP contribution in [0.5, 0.6) is 0 Å². The molecule has 2 aromatic carbocycles. The van der Waals surface area contributed by atoms with Gasteiger partial charge in [0.2, 0.25) is 5.91 Å². The monoisotopic (exact) mass is 433 g/mol. The van der Waals surface area contributed by atoms with Gasteiger partial charge in [0.25, 0.3) is 0 Å². The minimum atomic E-state index is -4.51. The number of esters is 1. The van der Waals surface area contributed by atoms with Gasteiger partial charge in [-0.3, -0.25) is 4.79 Å². The Hall–Kier alpha value is -2.25. The van der Waals surface area contributed by atoms with Crippen LogP contribution in [0.4, 0.5) is 13.2 Å². The molecule has 28 heavy (non-hydrogen) atoms. The maximum Gasteiger partial charge on any atom is 0.416 e. The molecule has 1 amide bonds. The molecule has 0 saturated heterocycles. The number of nitrogens with one attached hydrogen (secondary N) is 1. The number of amides is 1. The van der Waals surface area contributed by atoms with Crippen LogP contribution in [-0.2, 0) is 33.3 Å². The summed E-state index contributed by atoms with van der Waals surface area (Å²) >= 11 is 11.9. The van der Waals surface area contributed by atoms with Crippen molar-refractivity contribution in [3.63, 3.8) is 0 Å². The van der Waals surface area contributed by atoms with E-state index in [1.807, 2.05) is 0 Å². The van der Waals surface area contributed by atoms with Crippen molar-refractivity contribution >= 4 is 35.1 Å². The van der Waals surface area contributed by atoms with Gasteiger partial charge in [0.05, 0.1) is 19.1 Å². The zero-order valence-electron chi connectivity index (χ0n) is 14.6. The van der Waals surface area contributed by atoms with Crippen LogP contribution in [0.25, 0.3) is 0 Å². The molecule has 0 spiro atoms. The largest absolute Gasteiger partial charge is 0.467 e. The standard InChI is InChI=1S/C19H16Cl2F3NO3/c1-28-18(27)16(9-12-5-6-14(20)10-15(12)21)25-17(26)8-11-3-2-4-13(7-11)19(22,23)24/h2-7,10,16H,8-9H2,1H3,(H,25,26)/t16-/m0/s1. The van der Waals surface area contributed by atoms with Crippen molar-refractivity contribution in [1.29, 1.82) is 0 Å².